The molecule has 4 heteroatoms. The Morgan fingerprint density at radius 1 is 1.29 bits per heavy atom. The molecular weight excluding hydrogens is 262 g/mol. The van der Waals surface area contributed by atoms with E-state index in [1.165, 1.54) is 5.56 Å². The van der Waals surface area contributed by atoms with Crippen LogP contribution in [0.15, 0.2) is 18.2 Å². The third-order valence-electron chi connectivity index (χ3n) is 4.21. The summed E-state index contributed by atoms with van der Waals surface area (Å²) in [7, 11) is 0. The van der Waals surface area contributed by atoms with E-state index < -0.39 is 5.54 Å². The van der Waals surface area contributed by atoms with Gasteiger partial charge < -0.3 is 10.6 Å². The van der Waals surface area contributed by atoms with E-state index in [-0.39, 0.29) is 5.91 Å². The molecule has 1 aromatic rings. The highest BCUT2D eigenvalue weighted by molar-refractivity contribution is 5.86. The van der Waals surface area contributed by atoms with E-state index in [0.717, 1.165) is 37.3 Å². The largest absolute Gasteiger partial charge is 0.368 e. The van der Waals surface area contributed by atoms with Crippen LogP contribution >= 0.6 is 0 Å². The van der Waals surface area contributed by atoms with E-state index in [2.05, 4.69) is 30.1 Å². The lowest BCUT2D eigenvalue weighted by molar-refractivity contribution is -0.124. The van der Waals surface area contributed by atoms with Crippen LogP contribution in [0.3, 0.4) is 0 Å². The van der Waals surface area contributed by atoms with Gasteiger partial charge in [-0.1, -0.05) is 37.6 Å². The molecule has 1 aromatic carbocycles. The van der Waals surface area contributed by atoms with E-state index in [1.54, 1.807) is 0 Å². The van der Waals surface area contributed by atoms with Crippen LogP contribution < -0.4 is 11.1 Å². The summed E-state index contributed by atoms with van der Waals surface area (Å²) in [5.41, 5.74) is 8.08. The average Bonchev–Trinajstić information content (AvgIpc) is 2.43. The standard InChI is InChI=1S/C17H29N3O/c1-6-20(7-2)11-10-19-17(5,16(18)21)15-9-8-13(3)12-14(15)4/h8-9,12,19H,6-7,10-11H2,1-5H3,(H2,18,21). The molecule has 0 fully saturated rings. The van der Waals surface area contributed by atoms with E-state index in [0.29, 0.717) is 0 Å². The summed E-state index contributed by atoms with van der Waals surface area (Å²) in [4.78, 5) is 14.3. The van der Waals surface area contributed by atoms with Gasteiger partial charge in [0, 0.05) is 13.1 Å². The van der Waals surface area contributed by atoms with Crippen molar-refractivity contribution in [3.05, 3.63) is 34.9 Å². The van der Waals surface area contributed by atoms with Gasteiger partial charge in [0.15, 0.2) is 0 Å². The minimum atomic E-state index is -0.828. The molecule has 0 bridgehead atoms. The molecule has 0 radical (unpaired) electrons. The van der Waals surface area contributed by atoms with Crippen LogP contribution in [-0.2, 0) is 10.3 Å². The van der Waals surface area contributed by atoms with Gasteiger partial charge >= 0.3 is 0 Å². The molecule has 4 nitrogen and oxygen atoms in total. The van der Waals surface area contributed by atoms with Gasteiger partial charge in [-0.25, -0.2) is 0 Å². The van der Waals surface area contributed by atoms with E-state index >= 15 is 0 Å². The predicted octanol–water partition coefficient (Wildman–Crippen LogP) is 1.94. The molecule has 0 heterocycles. The van der Waals surface area contributed by atoms with Gasteiger partial charge in [-0.3, -0.25) is 10.1 Å². The Balaban J connectivity index is 2.90. The number of aryl methyl sites for hydroxylation is 2. The number of benzene rings is 1. The lowest BCUT2D eigenvalue weighted by Gasteiger charge is -2.31. The first-order chi connectivity index (χ1) is 9.85. The van der Waals surface area contributed by atoms with Gasteiger partial charge in [0.05, 0.1) is 0 Å². The zero-order valence-corrected chi connectivity index (χ0v) is 14.0. The van der Waals surface area contributed by atoms with E-state index in [4.69, 9.17) is 5.73 Å². The van der Waals surface area contributed by atoms with Gasteiger partial charge in [0.25, 0.3) is 0 Å². The molecule has 118 valence electrons. The summed E-state index contributed by atoms with van der Waals surface area (Å²) in [6.07, 6.45) is 0. The minimum absolute atomic E-state index is 0.339. The second-order valence-corrected chi connectivity index (χ2v) is 5.76. The van der Waals surface area contributed by atoms with Crippen LogP contribution in [0.4, 0.5) is 0 Å². The first-order valence-electron chi connectivity index (χ1n) is 7.70. The van der Waals surface area contributed by atoms with Crippen molar-refractivity contribution in [3.8, 4) is 0 Å². The second-order valence-electron chi connectivity index (χ2n) is 5.76. The molecule has 0 aliphatic rings. The van der Waals surface area contributed by atoms with Crippen LogP contribution in [0.5, 0.6) is 0 Å². The fourth-order valence-corrected chi connectivity index (χ4v) is 2.69. The maximum Gasteiger partial charge on any atom is 0.242 e. The Morgan fingerprint density at radius 2 is 1.90 bits per heavy atom. The molecule has 1 amide bonds. The Kier molecular flexibility index (Phi) is 6.37. The van der Waals surface area contributed by atoms with Crippen molar-refractivity contribution in [1.29, 1.82) is 0 Å². The molecule has 0 aliphatic carbocycles. The number of hydrogen-bond donors (Lipinski definition) is 2. The highest BCUT2D eigenvalue weighted by Gasteiger charge is 2.33. The zero-order valence-electron chi connectivity index (χ0n) is 14.0. The van der Waals surface area contributed by atoms with E-state index in [9.17, 15) is 4.79 Å². The van der Waals surface area contributed by atoms with Crippen LogP contribution in [0, 0.1) is 13.8 Å². The van der Waals surface area contributed by atoms with Crippen LogP contribution in [0.1, 0.15) is 37.5 Å². The van der Waals surface area contributed by atoms with Crippen LogP contribution in [0.2, 0.25) is 0 Å². The first kappa shape index (κ1) is 17.7. The molecule has 0 spiro atoms. The second kappa shape index (κ2) is 7.57. The van der Waals surface area contributed by atoms with Crippen LogP contribution in [0.25, 0.3) is 0 Å². The number of likely N-dealkylation sites (N-methyl/N-ethyl adjacent to an activating group) is 1. The maximum atomic E-state index is 12.0. The number of nitrogens with zero attached hydrogens (tertiary/aromatic N) is 1. The molecule has 1 unspecified atom stereocenters. The SMILES string of the molecule is CCN(CC)CCNC(C)(C(N)=O)c1ccc(C)cc1C. The Morgan fingerprint density at radius 3 is 2.38 bits per heavy atom. The Bertz CT molecular complexity index is 483. The molecule has 1 atom stereocenters. The normalized spacial score (nSPS) is 14.2. The number of rotatable bonds is 8. The summed E-state index contributed by atoms with van der Waals surface area (Å²) >= 11 is 0. The Hall–Kier alpha value is -1.39. The zero-order chi connectivity index (χ0) is 16.0. The maximum absolute atomic E-state index is 12.0. The van der Waals surface area contributed by atoms with Gasteiger partial charge in [-0.05, 0) is 45.0 Å². The predicted molar refractivity (Wildman–Crippen MR) is 88.3 cm³/mol. The lowest BCUT2D eigenvalue weighted by Crippen LogP contribution is -2.52. The number of carbonyl (C=O) groups is 1. The van der Waals surface area contributed by atoms with E-state index in [1.807, 2.05) is 32.9 Å². The topological polar surface area (TPSA) is 58.4 Å². The van der Waals surface area contributed by atoms with Gasteiger partial charge in [0.1, 0.15) is 5.54 Å². The molecule has 21 heavy (non-hydrogen) atoms. The monoisotopic (exact) mass is 291 g/mol. The van der Waals surface area contributed by atoms with Crippen molar-refractivity contribution >= 4 is 5.91 Å². The van der Waals surface area contributed by atoms with Crippen molar-refractivity contribution in [3.63, 3.8) is 0 Å². The smallest absolute Gasteiger partial charge is 0.242 e. The van der Waals surface area contributed by atoms with Gasteiger partial charge in [-0.2, -0.15) is 0 Å². The van der Waals surface area contributed by atoms with Crippen molar-refractivity contribution in [2.75, 3.05) is 26.2 Å². The highest BCUT2D eigenvalue weighted by atomic mass is 16.1. The summed E-state index contributed by atoms with van der Waals surface area (Å²) in [6.45, 7) is 13.9. The molecule has 1 rings (SSSR count). The average molecular weight is 291 g/mol. The third kappa shape index (κ3) is 4.29. The minimum Gasteiger partial charge on any atom is -0.368 e. The molecule has 0 saturated heterocycles. The Labute approximate surface area is 128 Å². The van der Waals surface area contributed by atoms with Gasteiger partial charge in [-0.15, -0.1) is 0 Å². The molecule has 0 aromatic heterocycles. The van der Waals surface area contributed by atoms with Crippen molar-refractivity contribution < 1.29 is 4.79 Å². The summed E-state index contributed by atoms with van der Waals surface area (Å²) in [5, 5.41) is 3.36. The quantitative estimate of drug-likeness (QED) is 0.769. The number of nitrogens with one attached hydrogen (secondary N) is 1. The van der Waals surface area contributed by atoms with Crippen molar-refractivity contribution in [2.24, 2.45) is 5.73 Å². The fourth-order valence-electron chi connectivity index (χ4n) is 2.69. The molecule has 3 N–H and O–H groups in total. The summed E-state index contributed by atoms with van der Waals surface area (Å²) < 4.78 is 0. The number of hydrogen-bond acceptors (Lipinski definition) is 3. The number of amides is 1. The molecule has 0 aliphatic heterocycles. The molecular formula is C17H29N3O. The van der Waals surface area contributed by atoms with Crippen molar-refractivity contribution in [1.82, 2.24) is 10.2 Å². The lowest BCUT2D eigenvalue weighted by atomic mass is 9.87. The number of primary amides is 1. The fraction of sp³-hybridized carbons (Fsp3) is 0.588. The van der Waals surface area contributed by atoms with Gasteiger partial charge in [0.2, 0.25) is 5.91 Å². The highest BCUT2D eigenvalue weighted by Crippen LogP contribution is 2.24. The summed E-state index contributed by atoms with van der Waals surface area (Å²) in [5.74, 6) is -0.339. The van der Waals surface area contributed by atoms with Crippen molar-refractivity contribution in [2.45, 2.75) is 40.2 Å². The molecule has 0 saturated carbocycles. The number of carbonyl (C=O) groups excluding carboxylic acids is 1. The third-order valence-corrected chi connectivity index (χ3v) is 4.21. The summed E-state index contributed by atoms with van der Waals surface area (Å²) in [6, 6.07) is 6.11. The number of nitrogens with two attached hydrogens (primary N) is 1. The first-order valence-corrected chi connectivity index (χ1v) is 7.70. The van der Waals surface area contributed by atoms with Crippen LogP contribution in [-0.4, -0.2) is 37.0 Å².